The first-order valence-corrected chi connectivity index (χ1v) is 9.47. The highest BCUT2D eigenvalue weighted by atomic mass is 19.1. The van der Waals surface area contributed by atoms with E-state index in [2.05, 4.69) is 5.10 Å². The number of nitrogens with two attached hydrogens (primary N) is 1. The summed E-state index contributed by atoms with van der Waals surface area (Å²) < 4.78 is 14.6. The fourth-order valence-electron chi connectivity index (χ4n) is 3.86. The van der Waals surface area contributed by atoms with Crippen molar-refractivity contribution in [2.45, 2.75) is 32.1 Å². The van der Waals surface area contributed by atoms with Gasteiger partial charge in [0.05, 0.1) is 17.4 Å². The van der Waals surface area contributed by atoms with E-state index in [9.17, 15) is 14.0 Å². The highest BCUT2D eigenvalue weighted by molar-refractivity contribution is 6.02. The molecule has 142 valence electrons. The normalized spacial score (nSPS) is 20.3. The number of hydrogen-bond donors (Lipinski definition) is 1. The first-order valence-electron chi connectivity index (χ1n) is 9.47. The third-order valence-corrected chi connectivity index (χ3v) is 5.70. The lowest BCUT2D eigenvalue weighted by Gasteiger charge is -2.36. The van der Waals surface area contributed by atoms with E-state index in [1.807, 2.05) is 4.90 Å². The van der Waals surface area contributed by atoms with Gasteiger partial charge >= 0.3 is 0 Å². The lowest BCUT2D eigenvalue weighted by molar-refractivity contribution is -0.139. The quantitative estimate of drug-likeness (QED) is 0.839. The van der Waals surface area contributed by atoms with Crippen LogP contribution in [-0.2, 0) is 4.79 Å². The minimum absolute atomic E-state index is 0.0769. The second-order valence-electron chi connectivity index (χ2n) is 7.45. The molecule has 1 atom stereocenters. The van der Waals surface area contributed by atoms with E-state index in [1.54, 1.807) is 12.1 Å². The molecule has 2 aliphatic rings. The maximum atomic E-state index is 13.1. The number of ketones is 1. The van der Waals surface area contributed by atoms with E-state index in [-0.39, 0.29) is 35.2 Å². The van der Waals surface area contributed by atoms with Crippen LogP contribution in [0.4, 0.5) is 10.2 Å². The Hall–Kier alpha value is -2.70. The molecule has 0 spiro atoms. The van der Waals surface area contributed by atoms with Gasteiger partial charge in [-0.05, 0) is 49.9 Å². The number of carbonyl (C=O) groups excluding carboxylic acids is 2. The Morgan fingerprint density at radius 2 is 1.78 bits per heavy atom. The first kappa shape index (κ1) is 17.7. The van der Waals surface area contributed by atoms with Gasteiger partial charge in [-0.2, -0.15) is 5.10 Å². The molecule has 1 saturated heterocycles. The maximum absolute atomic E-state index is 13.1. The molecule has 6 nitrogen and oxygen atoms in total. The monoisotopic (exact) mass is 370 g/mol. The van der Waals surface area contributed by atoms with E-state index >= 15 is 0 Å². The van der Waals surface area contributed by atoms with Crippen molar-refractivity contribution in [1.29, 1.82) is 0 Å². The Kier molecular flexibility index (Phi) is 4.68. The zero-order chi connectivity index (χ0) is 19.0. The molecular formula is C20H23FN4O2. The zero-order valence-corrected chi connectivity index (χ0v) is 15.1. The number of likely N-dealkylation sites (tertiary alicyclic amines) is 1. The number of hydrogen-bond acceptors (Lipinski definition) is 4. The van der Waals surface area contributed by atoms with Gasteiger partial charge in [0.15, 0.2) is 5.78 Å². The van der Waals surface area contributed by atoms with Crippen LogP contribution in [0.5, 0.6) is 0 Å². The summed E-state index contributed by atoms with van der Waals surface area (Å²) in [5.41, 5.74) is 7.12. The van der Waals surface area contributed by atoms with Gasteiger partial charge in [-0.25, -0.2) is 9.07 Å². The SMILES string of the molecule is Nc1c(C(=O)[C@H]2CCCN(C(=O)C3CCC3)C2)cnn1-c1ccc(F)cc1. The van der Waals surface area contributed by atoms with Gasteiger partial charge in [0.1, 0.15) is 11.6 Å². The number of rotatable bonds is 4. The molecule has 7 heteroatoms. The van der Waals surface area contributed by atoms with Gasteiger partial charge in [-0.3, -0.25) is 9.59 Å². The van der Waals surface area contributed by atoms with Gasteiger partial charge in [0.2, 0.25) is 5.91 Å². The first-order chi connectivity index (χ1) is 13.0. The van der Waals surface area contributed by atoms with Crippen molar-refractivity contribution in [2.24, 2.45) is 11.8 Å². The van der Waals surface area contributed by atoms with Crippen LogP contribution in [0.1, 0.15) is 42.5 Å². The average Bonchev–Trinajstić information content (AvgIpc) is 3.02. The Bertz CT molecular complexity index is 857. The van der Waals surface area contributed by atoms with Crippen LogP contribution in [0.3, 0.4) is 0 Å². The third-order valence-electron chi connectivity index (χ3n) is 5.70. The molecule has 0 unspecified atom stereocenters. The van der Waals surface area contributed by atoms with Crippen LogP contribution in [0.2, 0.25) is 0 Å². The van der Waals surface area contributed by atoms with Gasteiger partial charge in [-0.15, -0.1) is 0 Å². The van der Waals surface area contributed by atoms with Crippen molar-refractivity contribution >= 4 is 17.5 Å². The molecule has 2 heterocycles. The molecule has 1 aromatic carbocycles. The number of carbonyl (C=O) groups is 2. The number of benzene rings is 1. The fourth-order valence-corrected chi connectivity index (χ4v) is 3.86. The zero-order valence-electron chi connectivity index (χ0n) is 15.1. The Balaban J connectivity index is 1.50. The fraction of sp³-hybridized carbons (Fsp3) is 0.450. The molecular weight excluding hydrogens is 347 g/mol. The predicted octanol–water partition coefficient (Wildman–Crippen LogP) is 2.82. The van der Waals surface area contributed by atoms with Gasteiger partial charge in [-0.1, -0.05) is 6.42 Å². The lowest BCUT2D eigenvalue weighted by atomic mass is 9.83. The van der Waals surface area contributed by atoms with Crippen LogP contribution in [0.15, 0.2) is 30.5 Å². The van der Waals surface area contributed by atoms with E-state index in [0.29, 0.717) is 17.8 Å². The Morgan fingerprint density at radius 3 is 2.44 bits per heavy atom. The van der Waals surface area contributed by atoms with Gasteiger partial charge in [0, 0.05) is 24.9 Å². The lowest BCUT2D eigenvalue weighted by Crippen LogP contribution is -2.46. The van der Waals surface area contributed by atoms with E-state index in [0.717, 1.165) is 38.6 Å². The average molecular weight is 370 g/mol. The van der Waals surface area contributed by atoms with E-state index in [1.165, 1.54) is 23.0 Å². The summed E-state index contributed by atoms with van der Waals surface area (Å²) in [6.07, 6.45) is 6.07. The number of nitrogen functional groups attached to an aromatic ring is 1. The minimum atomic E-state index is -0.348. The van der Waals surface area contributed by atoms with Crippen LogP contribution < -0.4 is 5.73 Å². The minimum Gasteiger partial charge on any atom is -0.383 e. The number of aromatic nitrogens is 2. The molecule has 1 saturated carbocycles. The van der Waals surface area contributed by atoms with Crippen molar-refractivity contribution in [3.05, 3.63) is 41.8 Å². The summed E-state index contributed by atoms with van der Waals surface area (Å²) in [5, 5.41) is 4.20. The van der Waals surface area contributed by atoms with Gasteiger partial charge < -0.3 is 10.6 Å². The topological polar surface area (TPSA) is 81.2 Å². The molecule has 2 N–H and O–H groups in total. The van der Waals surface area contributed by atoms with Crippen molar-refractivity contribution in [1.82, 2.24) is 14.7 Å². The third kappa shape index (κ3) is 3.34. The largest absolute Gasteiger partial charge is 0.383 e. The summed E-state index contributed by atoms with van der Waals surface area (Å²) in [7, 11) is 0. The number of amides is 1. The molecule has 1 aliphatic heterocycles. The van der Waals surface area contributed by atoms with Crippen molar-refractivity contribution in [2.75, 3.05) is 18.8 Å². The maximum Gasteiger partial charge on any atom is 0.225 e. The highest BCUT2D eigenvalue weighted by Gasteiger charge is 2.35. The summed E-state index contributed by atoms with van der Waals surface area (Å²) in [6, 6.07) is 5.77. The molecule has 1 amide bonds. The molecule has 1 aromatic heterocycles. The molecule has 0 bridgehead atoms. The summed E-state index contributed by atoms with van der Waals surface area (Å²) in [4.78, 5) is 27.4. The molecule has 27 heavy (non-hydrogen) atoms. The predicted molar refractivity (Wildman–Crippen MR) is 98.9 cm³/mol. The van der Waals surface area contributed by atoms with Crippen LogP contribution in [0, 0.1) is 17.7 Å². The van der Waals surface area contributed by atoms with Gasteiger partial charge in [0.25, 0.3) is 0 Å². The smallest absolute Gasteiger partial charge is 0.225 e. The molecule has 4 rings (SSSR count). The van der Waals surface area contributed by atoms with Crippen molar-refractivity contribution < 1.29 is 14.0 Å². The van der Waals surface area contributed by atoms with E-state index in [4.69, 9.17) is 5.73 Å². The molecule has 1 aliphatic carbocycles. The van der Waals surface area contributed by atoms with Crippen molar-refractivity contribution in [3.8, 4) is 5.69 Å². The molecule has 2 fully saturated rings. The number of piperidine rings is 1. The Labute approximate surface area is 157 Å². The van der Waals surface area contributed by atoms with Crippen LogP contribution in [-0.4, -0.2) is 39.5 Å². The molecule has 0 radical (unpaired) electrons. The summed E-state index contributed by atoms with van der Waals surface area (Å²) in [5.74, 6) is -0.102. The standard InChI is InChI=1S/C20H23FN4O2/c21-15-6-8-16(9-7-15)25-19(22)17(11-23-25)18(26)14-5-2-10-24(12-14)20(27)13-3-1-4-13/h6-9,11,13-14H,1-5,10,12,22H2/t14-/m0/s1. The van der Waals surface area contributed by atoms with Crippen molar-refractivity contribution in [3.63, 3.8) is 0 Å². The van der Waals surface area contributed by atoms with E-state index < -0.39 is 0 Å². The number of halogens is 1. The van der Waals surface area contributed by atoms with Crippen LogP contribution >= 0.6 is 0 Å². The molecule has 2 aromatic rings. The Morgan fingerprint density at radius 1 is 1.07 bits per heavy atom. The summed E-state index contributed by atoms with van der Waals surface area (Å²) in [6.45, 7) is 1.18. The number of Topliss-reactive ketones (excluding diaryl/α,β-unsaturated/α-hetero) is 1. The highest BCUT2D eigenvalue weighted by Crippen LogP contribution is 2.31. The summed E-state index contributed by atoms with van der Waals surface area (Å²) >= 11 is 0. The second kappa shape index (κ2) is 7.13. The number of nitrogens with zero attached hydrogens (tertiary/aromatic N) is 3. The van der Waals surface area contributed by atoms with Crippen LogP contribution in [0.25, 0.3) is 5.69 Å². The second-order valence-corrected chi connectivity index (χ2v) is 7.45. The number of anilines is 1.